The van der Waals surface area contributed by atoms with Crippen molar-refractivity contribution < 1.29 is 4.79 Å². The van der Waals surface area contributed by atoms with E-state index in [1.165, 1.54) is 10.4 Å². The molecule has 2 aliphatic rings. The fourth-order valence-electron chi connectivity index (χ4n) is 4.05. The van der Waals surface area contributed by atoms with E-state index in [4.69, 9.17) is 0 Å². The lowest BCUT2D eigenvalue weighted by Gasteiger charge is -2.31. The first-order valence-corrected chi connectivity index (χ1v) is 10.4. The molecule has 4 rings (SSSR count). The van der Waals surface area contributed by atoms with Gasteiger partial charge in [0.2, 0.25) is 5.91 Å². The van der Waals surface area contributed by atoms with Gasteiger partial charge in [-0.3, -0.25) is 9.59 Å². The van der Waals surface area contributed by atoms with E-state index in [1.807, 2.05) is 4.90 Å². The average molecular weight is 375 g/mol. The van der Waals surface area contributed by atoms with Crippen molar-refractivity contribution in [2.75, 3.05) is 19.6 Å². The number of thiophene rings is 1. The Morgan fingerprint density at radius 2 is 2.23 bits per heavy atom. The molecule has 1 aliphatic carbocycles. The fraction of sp³-hybridized carbons (Fsp3) is 0.632. The maximum Gasteiger partial charge on any atom is 0.259 e. The summed E-state index contributed by atoms with van der Waals surface area (Å²) in [4.78, 5) is 36.7. The molecular weight excluding hydrogens is 348 g/mol. The number of aromatic nitrogens is 2. The Hall–Kier alpha value is -1.73. The van der Waals surface area contributed by atoms with Gasteiger partial charge in [-0.25, -0.2) is 4.98 Å². The molecule has 0 spiro atoms. The zero-order chi connectivity index (χ0) is 18.3. The topological polar surface area (TPSA) is 78.1 Å². The molecule has 140 valence electrons. The van der Waals surface area contributed by atoms with Gasteiger partial charge < -0.3 is 15.2 Å². The molecular formula is C19H26N4O2S. The van der Waals surface area contributed by atoms with Crippen molar-refractivity contribution in [1.29, 1.82) is 0 Å². The maximum atomic E-state index is 12.6. The van der Waals surface area contributed by atoms with Crippen molar-refractivity contribution in [3.8, 4) is 0 Å². The lowest BCUT2D eigenvalue weighted by molar-refractivity contribution is -0.132. The molecule has 0 saturated carbocycles. The highest BCUT2D eigenvalue weighted by molar-refractivity contribution is 7.18. The Kier molecular flexibility index (Phi) is 4.84. The number of hydrogen-bond acceptors (Lipinski definition) is 5. The van der Waals surface area contributed by atoms with Gasteiger partial charge in [-0.15, -0.1) is 11.3 Å². The van der Waals surface area contributed by atoms with Crippen LogP contribution in [0.5, 0.6) is 0 Å². The van der Waals surface area contributed by atoms with Gasteiger partial charge in [-0.2, -0.15) is 0 Å². The van der Waals surface area contributed by atoms with Crippen LogP contribution in [0.1, 0.15) is 43.0 Å². The molecule has 2 atom stereocenters. The van der Waals surface area contributed by atoms with Crippen LogP contribution < -0.4 is 10.9 Å². The molecule has 1 saturated heterocycles. The van der Waals surface area contributed by atoms with E-state index in [0.717, 1.165) is 49.1 Å². The number of hydrogen-bond donors (Lipinski definition) is 2. The summed E-state index contributed by atoms with van der Waals surface area (Å²) in [5.74, 6) is 1.44. The second-order valence-electron chi connectivity index (χ2n) is 7.74. The molecule has 1 fully saturated rings. The van der Waals surface area contributed by atoms with Gasteiger partial charge in [-0.1, -0.05) is 6.92 Å². The van der Waals surface area contributed by atoms with Crippen LogP contribution in [0.25, 0.3) is 10.2 Å². The lowest BCUT2D eigenvalue weighted by Crippen LogP contribution is -2.51. The van der Waals surface area contributed by atoms with Crippen LogP contribution in [0, 0.1) is 5.92 Å². The number of carbonyl (C=O) groups is 1. The first kappa shape index (κ1) is 17.7. The zero-order valence-electron chi connectivity index (χ0n) is 15.4. The SMILES string of the molecule is CC1CCc2c(sc3nc(CCC(=O)N4CCNC(C)C4)[nH]c(=O)c23)C1. The summed E-state index contributed by atoms with van der Waals surface area (Å²) in [6.45, 7) is 6.69. The summed E-state index contributed by atoms with van der Waals surface area (Å²) < 4.78 is 0. The molecule has 1 amide bonds. The largest absolute Gasteiger partial charge is 0.340 e. The van der Waals surface area contributed by atoms with E-state index < -0.39 is 0 Å². The fourth-order valence-corrected chi connectivity index (χ4v) is 5.46. The van der Waals surface area contributed by atoms with E-state index in [-0.39, 0.29) is 11.5 Å². The minimum atomic E-state index is -0.0414. The van der Waals surface area contributed by atoms with Gasteiger partial charge in [0.15, 0.2) is 0 Å². The third-order valence-electron chi connectivity index (χ3n) is 5.51. The predicted molar refractivity (Wildman–Crippen MR) is 104 cm³/mol. The number of rotatable bonds is 3. The second-order valence-corrected chi connectivity index (χ2v) is 8.82. The summed E-state index contributed by atoms with van der Waals surface area (Å²) in [6.07, 6.45) is 4.04. The van der Waals surface area contributed by atoms with E-state index in [2.05, 4.69) is 29.1 Å². The molecule has 0 aromatic carbocycles. The monoisotopic (exact) mass is 374 g/mol. The number of nitrogens with one attached hydrogen (secondary N) is 2. The van der Waals surface area contributed by atoms with Gasteiger partial charge in [0.05, 0.1) is 5.39 Å². The highest BCUT2D eigenvalue weighted by atomic mass is 32.1. The molecule has 7 heteroatoms. The summed E-state index contributed by atoms with van der Waals surface area (Å²) >= 11 is 1.66. The normalized spacial score (nSPS) is 23.2. The molecule has 2 aromatic rings. The van der Waals surface area contributed by atoms with E-state index >= 15 is 0 Å². The van der Waals surface area contributed by atoms with Crippen LogP contribution in [0.15, 0.2) is 4.79 Å². The first-order valence-electron chi connectivity index (χ1n) is 9.56. The number of aryl methyl sites for hydroxylation is 2. The third kappa shape index (κ3) is 3.42. The molecule has 3 heterocycles. The molecule has 2 unspecified atom stereocenters. The van der Waals surface area contributed by atoms with Crippen LogP contribution in [-0.4, -0.2) is 46.5 Å². The number of fused-ring (bicyclic) bond motifs is 3. The number of carbonyl (C=O) groups excluding carboxylic acids is 1. The Morgan fingerprint density at radius 3 is 3.04 bits per heavy atom. The summed E-state index contributed by atoms with van der Waals surface area (Å²) in [6, 6.07) is 0.335. The van der Waals surface area contributed by atoms with E-state index in [9.17, 15) is 9.59 Å². The smallest absolute Gasteiger partial charge is 0.259 e. The van der Waals surface area contributed by atoms with Crippen LogP contribution >= 0.6 is 11.3 Å². The first-order chi connectivity index (χ1) is 12.5. The molecule has 0 bridgehead atoms. The number of amides is 1. The molecule has 0 radical (unpaired) electrons. The zero-order valence-corrected chi connectivity index (χ0v) is 16.2. The van der Waals surface area contributed by atoms with E-state index in [1.54, 1.807) is 11.3 Å². The van der Waals surface area contributed by atoms with Gasteiger partial charge in [0, 0.05) is 43.4 Å². The number of piperazine rings is 1. The predicted octanol–water partition coefficient (Wildman–Crippen LogP) is 1.86. The number of nitrogens with zero attached hydrogens (tertiary/aromatic N) is 2. The number of H-pyrrole nitrogens is 1. The van der Waals surface area contributed by atoms with E-state index in [0.29, 0.717) is 30.6 Å². The third-order valence-corrected chi connectivity index (χ3v) is 6.66. The van der Waals surface area contributed by atoms with Crippen molar-refractivity contribution in [3.05, 3.63) is 26.6 Å². The van der Waals surface area contributed by atoms with Crippen LogP contribution in [-0.2, 0) is 24.1 Å². The molecule has 1 aliphatic heterocycles. The van der Waals surface area contributed by atoms with Crippen LogP contribution in [0.3, 0.4) is 0 Å². The summed E-state index contributed by atoms with van der Waals surface area (Å²) in [7, 11) is 0. The quantitative estimate of drug-likeness (QED) is 0.860. The highest BCUT2D eigenvalue weighted by Crippen LogP contribution is 2.35. The van der Waals surface area contributed by atoms with Gasteiger partial charge in [-0.05, 0) is 37.7 Å². The van der Waals surface area contributed by atoms with Gasteiger partial charge in [0.25, 0.3) is 5.56 Å². The van der Waals surface area contributed by atoms with Crippen molar-refractivity contribution in [3.63, 3.8) is 0 Å². The maximum absolute atomic E-state index is 12.6. The molecule has 6 nitrogen and oxygen atoms in total. The molecule has 26 heavy (non-hydrogen) atoms. The van der Waals surface area contributed by atoms with Crippen LogP contribution in [0.4, 0.5) is 0 Å². The van der Waals surface area contributed by atoms with Gasteiger partial charge >= 0.3 is 0 Å². The van der Waals surface area contributed by atoms with Crippen molar-refractivity contribution >= 4 is 27.5 Å². The van der Waals surface area contributed by atoms with Gasteiger partial charge in [0.1, 0.15) is 10.7 Å². The Bertz CT molecular complexity index is 888. The Labute approximate surface area is 157 Å². The summed E-state index contributed by atoms with van der Waals surface area (Å²) in [5.41, 5.74) is 1.16. The Morgan fingerprint density at radius 1 is 1.38 bits per heavy atom. The minimum absolute atomic E-state index is 0.0414. The van der Waals surface area contributed by atoms with Crippen LogP contribution in [0.2, 0.25) is 0 Å². The Balaban J connectivity index is 1.51. The molecule has 2 N–H and O–H groups in total. The molecule has 2 aromatic heterocycles. The second kappa shape index (κ2) is 7.12. The number of aromatic amines is 1. The van der Waals surface area contributed by atoms with Crippen molar-refractivity contribution in [1.82, 2.24) is 20.2 Å². The van der Waals surface area contributed by atoms with Crippen molar-refractivity contribution in [2.24, 2.45) is 5.92 Å². The standard InChI is InChI=1S/C19H26N4O2S/c1-11-3-4-13-14(9-11)26-19-17(13)18(25)21-15(22-19)5-6-16(24)23-8-7-20-12(2)10-23/h11-12,20H,3-10H2,1-2H3,(H,21,22,25). The highest BCUT2D eigenvalue weighted by Gasteiger charge is 2.24. The lowest BCUT2D eigenvalue weighted by atomic mass is 9.89. The minimum Gasteiger partial charge on any atom is -0.340 e. The van der Waals surface area contributed by atoms with Crippen molar-refractivity contribution in [2.45, 2.75) is 52.0 Å². The average Bonchev–Trinajstić information content (AvgIpc) is 2.97. The summed E-state index contributed by atoms with van der Waals surface area (Å²) in [5, 5.41) is 4.12.